The predicted octanol–water partition coefficient (Wildman–Crippen LogP) is 3.54. The molecule has 1 saturated heterocycles. The minimum atomic E-state index is -0.802. The molecule has 94 valence electrons. The lowest BCUT2D eigenvalue weighted by atomic mass is 9.79. The molecule has 1 aliphatic heterocycles. The standard InChI is InChI=1S/C13H15ClF2O/c14-8-13(5-2-6-17-9-13)7-10-3-1-4-11(15)12(10)16/h1,3-4H,2,5-9H2. The summed E-state index contributed by atoms with van der Waals surface area (Å²) in [4.78, 5) is 0. The monoisotopic (exact) mass is 260 g/mol. The zero-order chi connectivity index (χ0) is 12.3. The molecule has 0 amide bonds. The minimum Gasteiger partial charge on any atom is -0.381 e. The molecule has 1 atom stereocenters. The second kappa shape index (κ2) is 5.32. The molecule has 1 fully saturated rings. The quantitative estimate of drug-likeness (QED) is 0.756. The third-order valence-corrected chi connectivity index (χ3v) is 3.85. The Morgan fingerprint density at radius 1 is 1.35 bits per heavy atom. The van der Waals surface area contributed by atoms with E-state index in [0.717, 1.165) is 25.5 Å². The Morgan fingerprint density at radius 2 is 2.18 bits per heavy atom. The van der Waals surface area contributed by atoms with Crippen LogP contribution in [0.4, 0.5) is 8.78 Å². The molecule has 1 aliphatic rings. The van der Waals surface area contributed by atoms with Gasteiger partial charge in [-0.15, -0.1) is 11.6 Å². The van der Waals surface area contributed by atoms with Crippen molar-refractivity contribution in [1.82, 2.24) is 0 Å². The lowest BCUT2D eigenvalue weighted by Crippen LogP contribution is -2.36. The van der Waals surface area contributed by atoms with E-state index in [4.69, 9.17) is 16.3 Å². The maximum atomic E-state index is 13.6. The number of alkyl halides is 1. The molecule has 0 aliphatic carbocycles. The van der Waals surface area contributed by atoms with E-state index in [1.807, 2.05) is 0 Å². The van der Waals surface area contributed by atoms with Crippen LogP contribution in [-0.2, 0) is 11.2 Å². The van der Waals surface area contributed by atoms with E-state index in [-0.39, 0.29) is 5.41 Å². The molecule has 0 bridgehead atoms. The molecule has 1 aromatic carbocycles. The highest BCUT2D eigenvalue weighted by Crippen LogP contribution is 2.34. The van der Waals surface area contributed by atoms with Crippen molar-refractivity contribution < 1.29 is 13.5 Å². The lowest BCUT2D eigenvalue weighted by molar-refractivity contribution is 0.00433. The van der Waals surface area contributed by atoms with Crippen molar-refractivity contribution in [3.63, 3.8) is 0 Å². The van der Waals surface area contributed by atoms with E-state index < -0.39 is 11.6 Å². The van der Waals surface area contributed by atoms with Gasteiger partial charge in [-0.3, -0.25) is 0 Å². The van der Waals surface area contributed by atoms with E-state index in [1.165, 1.54) is 6.07 Å². The van der Waals surface area contributed by atoms with Gasteiger partial charge in [0.2, 0.25) is 0 Å². The van der Waals surface area contributed by atoms with Crippen molar-refractivity contribution in [2.75, 3.05) is 19.1 Å². The van der Waals surface area contributed by atoms with Gasteiger partial charge in [-0.05, 0) is 30.9 Å². The maximum Gasteiger partial charge on any atom is 0.162 e. The third kappa shape index (κ3) is 2.78. The van der Waals surface area contributed by atoms with Crippen LogP contribution in [0.15, 0.2) is 18.2 Å². The Labute approximate surface area is 105 Å². The zero-order valence-corrected chi connectivity index (χ0v) is 10.3. The van der Waals surface area contributed by atoms with Gasteiger partial charge < -0.3 is 4.74 Å². The van der Waals surface area contributed by atoms with Crippen LogP contribution in [0.25, 0.3) is 0 Å². The molecule has 2 rings (SSSR count). The molecular weight excluding hydrogens is 246 g/mol. The fraction of sp³-hybridized carbons (Fsp3) is 0.538. The van der Waals surface area contributed by atoms with Gasteiger partial charge in [-0.1, -0.05) is 12.1 Å². The third-order valence-electron chi connectivity index (χ3n) is 3.28. The number of hydrogen-bond donors (Lipinski definition) is 0. The van der Waals surface area contributed by atoms with Gasteiger partial charge in [0, 0.05) is 17.9 Å². The Hall–Kier alpha value is -0.670. The van der Waals surface area contributed by atoms with Crippen LogP contribution >= 0.6 is 11.6 Å². The summed E-state index contributed by atoms with van der Waals surface area (Å²) >= 11 is 5.98. The van der Waals surface area contributed by atoms with Crippen LogP contribution in [0, 0.1) is 17.0 Å². The molecule has 0 N–H and O–H groups in total. The van der Waals surface area contributed by atoms with Crippen molar-refractivity contribution >= 4 is 11.6 Å². The van der Waals surface area contributed by atoms with Gasteiger partial charge in [0.15, 0.2) is 11.6 Å². The van der Waals surface area contributed by atoms with Crippen LogP contribution < -0.4 is 0 Å². The number of rotatable bonds is 3. The molecule has 0 saturated carbocycles. The maximum absolute atomic E-state index is 13.6. The van der Waals surface area contributed by atoms with Crippen LogP contribution in [0.2, 0.25) is 0 Å². The molecule has 0 aromatic heterocycles. The molecule has 17 heavy (non-hydrogen) atoms. The van der Waals surface area contributed by atoms with Gasteiger partial charge in [0.1, 0.15) is 0 Å². The first-order valence-electron chi connectivity index (χ1n) is 5.73. The molecule has 1 nitrogen and oxygen atoms in total. The Kier molecular flexibility index (Phi) is 4.00. The Bertz CT molecular complexity index is 389. The van der Waals surface area contributed by atoms with Crippen molar-refractivity contribution in [3.8, 4) is 0 Å². The largest absolute Gasteiger partial charge is 0.381 e. The van der Waals surface area contributed by atoms with Crippen LogP contribution in [-0.4, -0.2) is 19.1 Å². The van der Waals surface area contributed by atoms with E-state index in [2.05, 4.69) is 0 Å². The lowest BCUT2D eigenvalue weighted by Gasteiger charge is -2.35. The van der Waals surface area contributed by atoms with Gasteiger partial charge in [-0.2, -0.15) is 0 Å². The Balaban J connectivity index is 2.20. The molecule has 0 radical (unpaired) electrons. The van der Waals surface area contributed by atoms with Crippen molar-refractivity contribution in [2.45, 2.75) is 19.3 Å². The highest BCUT2D eigenvalue weighted by molar-refractivity contribution is 6.18. The van der Waals surface area contributed by atoms with Gasteiger partial charge >= 0.3 is 0 Å². The van der Waals surface area contributed by atoms with Crippen LogP contribution in [0.1, 0.15) is 18.4 Å². The summed E-state index contributed by atoms with van der Waals surface area (Å²) in [5.74, 6) is -1.16. The van der Waals surface area contributed by atoms with Gasteiger partial charge in [0.05, 0.1) is 6.61 Å². The number of benzene rings is 1. The normalized spacial score (nSPS) is 24.9. The number of hydrogen-bond acceptors (Lipinski definition) is 1. The topological polar surface area (TPSA) is 9.23 Å². The smallest absolute Gasteiger partial charge is 0.162 e. The average Bonchev–Trinajstić information content (AvgIpc) is 2.36. The molecular formula is C13H15ClF2O. The molecule has 1 aromatic rings. The average molecular weight is 261 g/mol. The van der Waals surface area contributed by atoms with Gasteiger partial charge in [0.25, 0.3) is 0 Å². The first-order chi connectivity index (χ1) is 8.17. The fourth-order valence-corrected chi connectivity index (χ4v) is 2.60. The summed E-state index contributed by atoms with van der Waals surface area (Å²) in [6, 6.07) is 4.27. The highest BCUT2D eigenvalue weighted by Gasteiger charge is 2.33. The second-order valence-electron chi connectivity index (χ2n) is 4.68. The second-order valence-corrected chi connectivity index (χ2v) is 4.95. The van der Waals surface area contributed by atoms with E-state index in [9.17, 15) is 8.78 Å². The first-order valence-corrected chi connectivity index (χ1v) is 6.27. The summed E-state index contributed by atoms with van der Waals surface area (Å²) in [5, 5.41) is 0. The highest BCUT2D eigenvalue weighted by atomic mass is 35.5. The van der Waals surface area contributed by atoms with Gasteiger partial charge in [-0.25, -0.2) is 8.78 Å². The van der Waals surface area contributed by atoms with Crippen molar-refractivity contribution in [2.24, 2.45) is 5.41 Å². The number of halogens is 3. The van der Waals surface area contributed by atoms with E-state index >= 15 is 0 Å². The van der Waals surface area contributed by atoms with Crippen molar-refractivity contribution in [1.29, 1.82) is 0 Å². The molecule has 4 heteroatoms. The zero-order valence-electron chi connectivity index (χ0n) is 9.52. The fourth-order valence-electron chi connectivity index (χ4n) is 2.29. The minimum absolute atomic E-state index is 0.256. The molecule has 0 spiro atoms. The van der Waals surface area contributed by atoms with Crippen molar-refractivity contribution in [3.05, 3.63) is 35.4 Å². The number of ether oxygens (including phenoxy) is 1. The Morgan fingerprint density at radius 3 is 2.82 bits per heavy atom. The summed E-state index contributed by atoms with van der Waals surface area (Å²) < 4.78 is 32.1. The predicted molar refractivity (Wildman–Crippen MR) is 63.3 cm³/mol. The van der Waals surface area contributed by atoms with Crippen LogP contribution in [0.3, 0.4) is 0 Å². The molecule has 1 heterocycles. The van der Waals surface area contributed by atoms with Crippen LogP contribution in [0.5, 0.6) is 0 Å². The molecule has 1 unspecified atom stereocenters. The van der Waals surface area contributed by atoms with E-state index in [1.54, 1.807) is 6.07 Å². The summed E-state index contributed by atoms with van der Waals surface area (Å²) in [6.45, 7) is 1.25. The summed E-state index contributed by atoms with van der Waals surface area (Å²) in [7, 11) is 0. The SMILES string of the molecule is Fc1cccc(CC2(CCl)CCCOC2)c1F. The van der Waals surface area contributed by atoms with E-state index in [0.29, 0.717) is 24.5 Å². The summed E-state index contributed by atoms with van der Waals surface area (Å²) in [6.07, 6.45) is 2.25. The first kappa shape index (κ1) is 12.8. The summed E-state index contributed by atoms with van der Waals surface area (Å²) in [5.41, 5.74) is 0.130.